The van der Waals surface area contributed by atoms with Crippen molar-refractivity contribution in [1.82, 2.24) is 9.62 Å². The van der Waals surface area contributed by atoms with Crippen LogP contribution in [0.1, 0.15) is 34.3 Å². The van der Waals surface area contributed by atoms with Crippen LogP contribution < -0.4 is 9.62 Å². The van der Waals surface area contributed by atoms with Crippen LogP contribution in [0.15, 0.2) is 41.3 Å². The maximum absolute atomic E-state index is 13.2. The number of sulfonamides is 1. The first-order valence-electron chi connectivity index (χ1n) is 11.3. The third-order valence-electron chi connectivity index (χ3n) is 6.48. The maximum Gasteiger partial charge on any atom is 0.254 e. The molecule has 2 fully saturated rings. The molecule has 2 saturated heterocycles. The number of benzene rings is 2. The number of carbonyl (C=O) groups is 1. The van der Waals surface area contributed by atoms with E-state index in [1.54, 1.807) is 11.0 Å². The topological polar surface area (TPSA) is 79.0 Å². The third kappa shape index (κ3) is 5.35. The quantitative estimate of drug-likeness (QED) is 0.670. The summed E-state index contributed by atoms with van der Waals surface area (Å²) in [6, 6.07) is 10.7. The molecule has 178 valence electrons. The van der Waals surface area contributed by atoms with Crippen LogP contribution in [0.25, 0.3) is 0 Å². The number of nitrogens with one attached hydrogen (secondary N) is 1. The summed E-state index contributed by atoms with van der Waals surface area (Å²) in [6.45, 7) is 7.62. The molecular weight excluding hydrogens is 462 g/mol. The lowest BCUT2D eigenvalue weighted by Crippen LogP contribution is -2.49. The van der Waals surface area contributed by atoms with E-state index in [1.165, 1.54) is 28.9 Å². The van der Waals surface area contributed by atoms with Gasteiger partial charge >= 0.3 is 0 Å². The van der Waals surface area contributed by atoms with Crippen LogP contribution in [-0.4, -0.2) is 64.7 Å². The molecule has 2 aromatic carbocycles. The van der Waals surface area contributed by atoms with E-state index in [4.69, 9.17) is 16.3 Å². The van der Waals surface area contributed by atoms with E-state index in [0.717, 1.165) is 25.9 Å². The number of hydrogen-bond acceptors (Lipinski definition) is 5. The van der Waals surface area contributed by atoms with Gasteiger partial charge in [-0.15, -0.1) is 0 Å². The molecule has 1 amide bonds. The number of nitrogens with zero attached hydrogens (tertiary/aromatic N) is 2. The Morgan fingerprint density at radius 2 is 1.91 bits per heavy atom. The van der Waals surface area contributed by atoms with Gasteiger partial charge in [-0.25, -0.2) is 13.1 Å². The molecule has 2 aliphatic heterocycles. The number of rotatable bonds is 6. The summed E-state index contributed by atoms with van der Waals surface area (Å²) in [5, 5.41) is 0.0890. The molecule has 7 nitrogen and oxygen atoms in total. The Labute approximate surface area is 200 Å². The van der Waals surface area contributed by atoms with Crippen molar-refractivity contribution < 1.29 is 17.9 Å². The lowest BCUT2D eigenvalue weighted by Gasteiger charge is -2.37. The molecule has 0 radical (unpaired) electrons. The average molecular weight is 492 g/mol. The van der Waals surface area contributed by atoms with E-state index < -0.39 is 10.0 Å². The van der Waals surface area contributed by atoms with Gasteiger partial charge in [-0.3, -0.25) is 4.79 Å². The van der Waals surface area contributed by atoms with Crippen LogP contribution in [0.2, 0.25) is 5.02 Å². The molecule has 1 atom stereocenters. The molecule has 9 heteroatoms. The van der Waals surface area contributed by atoms with Gasteiger partial charge < -0.3 is 14.5 Å². The van der Waals surface area contributed by atoms with Gasteiger partial charge in [0.1, 0.15) is 4.90 Å². The van der Waals surface area contributed by atoms with E-state index in [9.17, 15) is 13.2 Å². The summed E-state index contributed by atoms with van der Waals surface area (Å²) in [4.78, 5) is 17.1. The Balaban J connectivity index is 1.44. The van der Waals surface area contributed by atoms with Gasteiger partial charge in [0.15, 0.2) is 0 Å². The minimum Gasteiger partial charge on any atom is -0.377 e. The van der Waals surface area contributed by atoms with Gasteiger partial charge in [-0.05, 0) is 62.1 Å². The Kier molecular flexibility index (Phi) is 7.28. The van der Waals surface area contributed by atoms with Crippen molar-refractivity contribution in [3.63, 3.8) is 0 Å². The summed E-state index contributed by atoms with van der Waals surface area (Å²) in [6.07, 6.45) is 1.62. The van der Waals surface area contributed by atoms with Gasteiger partial charge in [0, 0.05) is 50.6 Å². The van der Waals surface area contributed by atoms with Gasteiger partial charge in [-0.2, -0.15) is 0 Å². The summed E-state index contributed by atoms with van der Waals surface area (Å²) < 4.78 is 33.7. The standard InChI is InChI=1S/C24H30ClN3O4S/c1-17-5-3-7-22(18(17)2)27-10-12-28(13-11-27)24(29)19-8-9-21(25)23(15-19)33(30,31)26-16-20-6-4-14-32-20/h3,5,7-9,15,20,26H,4,6,10-14,16H2,1-2H3/t20-/m0/s1. The molecule has 0 aliphatic carbocycles. The predicted molar refractivity (Wildman–Crippen MR) is 130 cm³/mol. The molecule has 2 aromatic rings. The minimum absolute atomic E-state index is 0.0814. The van der Waals surface area contributed by atoms with Crippen LogP contribution in [-0.2, 0) is 14.8 Å². The lowest BCUT2D eigenvalue weighted by molar-refractivity contribution is 0.0746. The second-order valence-electron chi connectivity index (χ2n) is 8.63. The Bertz CT molecular complexity index is 1120. The first-order chi connectivity index (χ1) is 15.8. The first kappa shape index (κ1) is 24.0. The van der Waals surface area contributed by atoms with Crippen LogP contribution >= 0.6 is 11.6 Å². The fraction of sp³-hybridized carbons (Fsp3) is 0.458. The smallest absolute Gasteiger partial charge is 0.254 e. The zero-order valence-electron chi connectivity index (χ0n) is 19.0. The number of aryl methyl sites for hydroxylation is 1. The summed E-state index contributed by atoms with van der Waals surface area (Å²) in [5.74, 6) is -0.192. The molecule has 2 aliphatic rings. The number of halogens is 1. The van der Waals surface area contributed by atoms with Crippen LogP contribution in [0.3, 0.4) is 0 Å². The Morgan fingerprint density at radius 1 is 1.15 bits per heavy atom. The minimum atomic E-state index is -3.86. The molecule has 33 heavy (non-hydrogen) atoms. The first-order valence-corrected chi connectivity index (χ1v) is 13.1. The normalized spacial score (nSPS) is 19.2. The van der Waals surface area contributed by atoms with Crippen molar-refractivity contribution in [1.29, 1.82) is 0 Å². The zero-order chi connectivity index (χ0) is 23.6. The van der Waals surface area contributed by atoms with Gasteiger partial charge in [0.05, 0.1) is 11.1 Å². The molecule has 2 heterocycles. The number of ether oxygens (including phenoxy) is 1. The fourth-order valence-electron chi connectivity index (χ4n) is 4.34. The van der Waals surface area contributed by atoms with Crippen molar-refractivity contribution in [3.8, 4) is 0 Å². The summed E-state index contributed by atoms with van der Waals surface area (Å²) in [7, 11) is -3.86. The molecular formula is C24H30ClN3O4S. The molecule has 0 bridgehead atoms. The Morgan fingerprint density at radius 3 is 2.61 bits per heavy atom. The predicted octanol–water partition coefficient (Wildman–Crippen LogP) is 3.38. The SMILES string of the molecule is Cc1cccc(N2CCN(C(=O)c3ccc(Cl)c(S(=O)(=O)NC[C@@H]4CCCO4)c3)CC2)c1C. The largest absolute Gasteiger partial charge is 0.377 e. The van der Waals surface area contributed by atoms with Crippen LogP contribution in [0.4, 0.5) is 5.69 Å². The highest BCUT2D eigenvalue weighted by molar-refractivity contribution is 7.89. The molecule has 1 N–H and O–H groups in total. The van der Waals surface area contributed by atoms with Crippen LogP contribution in [0.5, 0.6) is 0 Å². The average Bonchev–Trinajstić information content (AvgIpc) is 3.33. The summed E-state index contributed by atoms with van der Waals surface area (Å²) in [5.41, 5.74) is 4.01. The van der Waals surface area contributed by atoms with Gasteiger partial charge in [0.2, 0.25) is 10.0 Å². The van der Waals surface area contributed by atoms with Crippen LogP contribution in [0, 0.1) is 13.8 Å². The molecule has 0 saturated carbocycles. The number of hydrogen-bond donors (Lipinski definition) is 1. The monoisotopic (exact) mass is 491 g/mol. The molecule has 0 spiro atoms. The van der Waals surface area contributed by atoms with Crippen molar-refractivity contribution in [2.75, 3.05) is 44.2 Å². The van der Waals surface area contributed by atoms with Crippen molar-refractivity contribution >= 4 is 33.2 Å². The van der Waals surface area contributed by atoms with E-state index in [1.807, 2.05) is 0 Å². The number of amides is 1. The maximum atomic E-state index is 13.2. The van der Waals surface area contributed by atoms with Crippen molar-refractivity contribution in [2.45, 2.75) is 37.7 Å². The van der Waals surface area contributed by atoms with Crippen molar-refractivity contribution in [2.24, 2.45) is 0 Å². The zero-order valence-corrected chi connectivity index (χ0v) is 20.6. The molecule has 4 rings (SSSR count). The molecule has 0 aromatic heterocycles. The summed E-state index contributed by atoms with van der Waals surface area (Å²) >= 11 is 6.20. The van der Waals surface area contributed by atoms with Gasteiger partial charge in [-0.1, -0.05) is 23.7 Å². The van der Waals surface area contributed by atoms with E-state index in [-0.39, 0.29) is 28.5 Å². The lowest BCUT2D eigenvalue weighted by atomic mass is 10.1. The Hall–Kier alpha value is -2.13. The van der Waals surface area contributed by atoms with E-state index >= 15 is 0 Å². The fourth-order valence-corrected chi connectivity index (χ4v) is 5.93. The van der Waals surface area contributed by atoms with E-state index in [2.05, 4.69) is 41.7 Å². The second kappa shape index (κ2) is 10.0. The highest BCUT2D eigenvalue weighted by Gasteiger charge is 2.27. The second-order valence-corrected chi connectivity index (χ2v) is 10.8. The van der Waals surface area contributed by atoms with Gasteiger partial charge in [0.25, 0.3) is 5.91 Å². The van der Waals surface area contributed by atoms with Crippen molar-refractivity contribution in [3.05, 3.63) is 58.1 Å². The number of anilines is 1. The number of carbonyl (C=O) groups excluding carboxylic acids is 1. The third-order valence-corrected chi connectivity index (χ3v) is 8.38. The highest BCUT2D eigenvalue weighted by Crippen LogP contribution is 2.26. The number of piperazine rings is 1. The van der Waals surface area contributed by atoms with E-state index in [0.29, 0.717) is 25.3 Å². The molecule has 0 unspecified atom stereocenters. The highest BCUT2D eigenvalue weighted by atomic mass is 35.5.